The van der Waals surface area contributed by atoms with Gasteiger partial charge in [0.2, 0.25) is 0 Å². The number of hydrogen-bond donors (Lipinski definition) is 1. The van der Waals surface area contributed by atoms with Crippen molar-refractivity contribution in [1.29, 1.82) is 0 Å². The van der Waals surface area contributed by atoms with E-state index in [1.54, 1.807) is 0 Å². The lowest BCUT2D eigenvalue weighted by Crippen LogP contribution is -2.35. The summed E-state index contributed by atoms with van der Waals surface area (Å²) in [6, 6.07) is 5.83. The predicted octanol–water partition coefficient (Wildman–Crippen LogP) is 2.67. The summed E-state index contributed by atoms with van der Waals surface area (Å²) in [4.78, 5) is 12.0. The summed E-state index contributed by atoms with van der Waals surface area (Å²) in [6.07, 6.45) is 0.719. The van der Waals surface area contributed by atoms with Crippen LogP contribution in [0.5, 0.6) is 0 Å². The second-order valence-corrected chi connectivity index (χ2v) is 5.54. The zero-order valence-corrected chi connectivity index (χ0v) is 10.8. The van der Waals surface area contributed by atoms with Crippen molar-refractivity contribution >= 4 is 11.7 Å². The van der Waals surface area contributed by atoms with E-state index in [1.165, 1.54) is 11.1 Å². The summed E-state index contributed by atoms with van der Waals surface area (Å²) < 4.78 is 5.39. The Kier molecular flexibility index (Phi) is 2.86. The first-order valence-corrected chi connectivity index (χ1v) is 5.95. The maximum absolute atomic E-state index is 12.0. The van der Waals surface area contributed by atoms with E-state index in [2.05, 4.69) is 18.3 Å². The molecule has 1 N–H and O–H groups in total. The van der Waals surface area contributed by atoms with E-state index in [4.69, 9.17) is 4.74 Å². The molecule has 1 aliphatic rings. The van der Waals surface area contributed by atoms with Crippen LogP contribution in [0.1, 0.15) is 31.9 Å². The van der Waals surface area contributed by atoms with Crippen molar-refractivity contribution in [1.82, 2.24) is 0 Å². The maximum Gasteiger partial charge on any atom is 0.329 e. The maximum atomic E-state index is 12.0. The first-order valence-electron chi connectivity index (χ1n) is 5.95. The molecular weight excluding hydrogens is 214 g/mol. The van der Waals surface area contributed by atoms with E-state index < -0.39 is 5.60 Å². The van der Waals surface area contributed by atoms with Gasteiger partial charge in [-0.1, -0.05) is 12.1 Å². The molecule has 1 heterocycles. The van der Waals surface area contributed by atoms with Gasteiger partial charge in [-0.15, -0.1) is 0 Å². The normalized spacial score (nSPS) is 18.5. The largest absolute Gasteiger partial charge is 0.458 e. The van der Waals surface area contributed by atoms with Gasteiger partial charge in [-0.2, -0.15) is 0 Å². The molecule has 1 aromatic carbocycles. The highest BCUT2D eigenvalue weighted by molar-refractivity contribution is 5.83. The molecule has 0 aliphatic carbocycles. The number of aryl methyl sites for hydroxylation is 1. The Morgan fingerprint density at radius 1 is 1.41 bits per heavy atom. The highest BCUT2D eigenvalue weighted by Crippen LogP contribution is 2.29. The number of hydrogen-bond acceptors (Lipinski definition) is 3. The van der Waals surface area contributed by atoms with E-state index in [9.17, 15) is 4.79 Å². The summed E-state index contributed by atoms with van der Waals surface area (Å²) in [5.41, 5.74) is 3.08. The number of nitrogens with one attached hydrogen (secondary N) is 1. The Morgan fingerprint density at radius 3 is 2.71 bits per heavy atom. The average Bonchev–Trinajstić information content (AvgIpc) is 2.60. The van der Waals surface area contributed by atoms with E-state index in [-0.39, 0.29) is 12.0 Å². The molecule has 1 aromatic rings. The second kappa shape index (κ2) is 4.06. The van der Waals surface area contributed by atoms with E-state index in [1.807, 2.05) is 32.9 Å². The van der Waals surface area contributed by atoms with Gasteiger partial charge < -0.3 is 10.1 Å². The van der Waals surface area contributed by atoms with Crippen molar-refractivity contribution in [2.75, 3.05) is 5.32 Å². The van der Waals surface area contributed by atoms with Crippen molar-refractivity contribution in [3.8, 4) is 0 Å². The molecule has 0 bridgehead atoms. The quantitative estimate of drug-likeness (QED) is 0.758. The first-order chi connectivity index (χ1) is 7.87. The van der Waals surface area contributed by atoms with Crippen molar-refractivity contribution in [3.63, 3.8) is 0 Å². The van der Waals surface area contributed by atoms with Gasteiger partial charge in [0, 0.05) is 12.1 Å². The molecule has 1 atom stereocenters. The molecule has 0 unspecified atom stereocenters. The standard InChI is InChI=1S/C14H19NO2/c1-9-6-5-7-11-10(9)8-12(15-11)13(16)17-14(2,3)4/h5-7,12,15H,8H2,1-4H3/t12-/m0/s1. The lowest BCUT2D eigenvalue weighted by molar-refractivity contribution is -0.155. The minimum atomic E-state index is -0.428. The lowest BCUT2D eigenvalue weighted by atomic mass is 10.0. The third kappa shape index (κ3) is 2.60. The third-order valence-corrected chi connectivity index (χ3v) is 2.84. The molecule has 0 radical (unpaired) electrons. The minimum absolute atomic E-state index is 0.173. The first kappa shape index (κ1) is 12.0. The molecule has 2 rings (SSSR count). The van der Waals surface area contributed by atoms with Gasteiger partial charge in [-0.25, -0.2) is 4.79 Å². The predicted molar refractivity (Wildman–Crippen MR) is 68.1 cm³/mol. The number of benzene rings is 1. The Morgan fingerprint density at radius 2 is 2.12 bits per heavy atom. The molecule has 0 saturated carbocycles. The summed E-state index contributed by atoms with van der Waals surface area (Å²) in [5.74, 6) is -0.173. The van der Waals surface area contributed by atoms with E-state index in [0.717, 1.165) is 12.1 Å². The molecule has 0 aromatic heterocycles. The van der Waals surface area contributed by atoms with Crippen LogP contribution >= 0.6 is 0 Å². The Hall–Kier alpha value is -1.51. The van der Waals surface area contributed by atoms with Crippen LogP contribution in [0.2, 0.25) is 0 Å². The van der Waals surface area contributed by atoms with Crippen molar-refractivity contribution < 1.29 is 9.53 Å². The van der Waals surface area contributed by atoms with Crippen LogP contribution in [-0.4, -0.2) is 17.6 Å². The van der Waals surface area contributed by atoms with Crippen LogP contribution in [-0.2, 0) is 16.0 Å². The van der Waals surface area contributed by atoms with Crippen molar-refractivity contribution in [3.05, 3.63) is 29.3 Å². The van der Waals surface area contributed by atoms with Crippen LogP contribution in [0.15, 0.2) is 18.2 Å². The van der Waals surface area contributed by atoms with Gasteiger partial charge in [0.1, 0.15) is 11.6 Å². The fourth-order valence-electron chi connectivity index (χ4n) is 2.07. The number of anilines is 1. The Labute approximate surface area is 102 Å². The summed E-state index contributed by atoms with van der Waals surface area (Å²) in [5, 5.41) is 3.22. The number of fused-ring (bicyclic) bond motifs is 1. The molecule has 1 aliphatic heterocycles. The summed E-state index contributed by atoms with van der Waals surface area (Å²) in [6.45, 7) is 7.73. The number of rotatable bonds is 1. The monoisotopic (exact) mass is 233 g/mol. The smallest absolute Gasteiger partial charge is 0.329 e. The number of carbonyl (C=O) groups is 1. The molecule has 92 valence electrons. The van der Waals surface area contributed by atoms with Gasteiger partial charge in [0.25, 0.3) is 0 Å². The van der Waals surface area contributed by atoms with Gasteiger partial charge in [0.05, 0.1) is 0 Å². The van der Waals surface area contributed by atoms with Gasteiger partial charge >= 0.3 is 5.97 Å². The zero-order valence-electron chi connectivity index (χ0n) is 10.8. The molecule has 17 heavy (non-hydrogen) atoms. The highest BCUT2D eigenvalue weighted by Gasteiger charge is 2.31. The molecule has 3 heteroatoms. The summed E-state index contributed by atoms with van der Waals surface area (Å²) in [7, 11) is 0. The lowest BCUT2D eigenvalue weighted by Gasteiger charge is -2.22. The van der Waals surface area contributed by atoms with Crippen LogP contribution in [0.25, 0.3) is 0 Å². The highest BCUT2D eigenvalue weighted by atomic mass is 16.6. The number of esters is 1. The van der Waals surface area contributed by atoms with Crippen molar-refractivity contribution in [2.24, 2.45) is 0 Å². The number of carbonyl (C=O) groups excluding carboxylic acids is 1. The second-order valence-electron chi connectivity index (χ2n) is 5.54. The van der Waals surface area contributed by atoms with Gasteiger partial charge in [-0.3, -0.25) is 0 Å². The minimum Gasteiger partial charge on any atom is -0.458 e. The molecule has 3 nitrogen and oxygen atoms in total. The van der Waals surface area contributed by atoms with Gasteiger partial charge in [0.15, 0.2) is 0 Å². The van der Waals surface area contributed by atoms with Crippen LogP contribution in [0.3, 0.4) is 0 Å². The van der Waals surface area contributed by atoms with Crippen LogP contribution < -0.4 is 5.32 Å². The Bertz CT molecular complexity index is 446. The van der Waals surface area contributed by atoms with Crippen LogP contribution in [0, 0.1) is 6.92 Å². The third-order valence-electron chi connectivity index (χ3n) is 2.84. The molecule has 0 amide bonds. The van der Waals surface area contributed by atoms with E-state index in [0.29, 0.717) is 0 Å². The number of ether oxygens (including phenoxy) is 1. The average molecular weight is 233 g/mol. The van der Waals surface area contributed by atoms with Crippen molar-refractivity contribution in [2.45, 2.75) is 45.8 Å². The summed E-state index contributed by atoms with van der Waals surface area (Å²) >= 11 is 0. The molecule has 0 spiro atoms. The molecule has 0 saturated heterocycles. The van der Waals surface area contributed by atoms with Crippen LogP contribution in [0.4, 0.5) is 5.69 Å². The fourth-order valence-corrected chi connectivity index (χ4v) is 2.07. The fraction of sp³-hybridized carbons (Fsp3) is 0.500. The molecular formula is C14H19NO2. The zero-order chi connectivity index (χ0) is 12.6. The molecule has 0 fully saturated rings. The topological polar surface area (TPSA) is 38.3 Å². The van der Waals surface area contributed by atoms with Gasteiger partial charge in [-0.05, 0) is 44.9 Å². The van der Waals surface area contributed by atoms with E-state index >= 15 is 0 Å². The SMILES string of the molecule is Cc1cccc2c1C[C@@H](C(=O)OC(C)(C)C)N2. The Balaban J connectivity index is 2.10.